The van der Waals surface area contributed by atoms with Gasteiger partial charge in [0.1, 0.15) is 17.2 Å². The highest BCUT2D eigenvalue weighted by Gasteiger charge is 2.30. The van der Waals surface area contributed by atoms with Crippen molar-refractivity contribution in [3.8, 4) is 23.1 Å². The number of aromatic nitrogens is 6. The Kier molecular flexibility index (Phi) is 5.60. The van der Waals surface area contributed by atoms with Gasteiger partial charge in [0.05, 0.1) is 25.0 Å². The minimum Gasteiger partial charge on any atom is -0.479 e. The van der Waals surface area contributed by atoms with E-state index < -0.39 is 0 Å². The molecule has 0 bridgehead atoms. The molecule has 1 aliphatic heterocycles. The molecule has 0 fully saturated rings. The maximum atomic E-state index is 12.9. The number of hydrogen-bond acceptors (Lipinski definition) is 6. The van der Waals surface area contributed by atoms with Gasteiger partial charge < -0.3 is 14.6 Å². The highest BCUT2D eigenvalue weighted by atomic mass is 16.5. The number of hydrogen-bond donors (Lipinski definition) is 1. The predicted octanol–water partition coefficient (Wildman–Crippen LogP) is 3.04. The SMILES string of the molecule is COc1nc(-c2nc3n(n2)CCCC3C(=O)NCc2ccccc2)ccc1-n1cnc(C)c1. The number of rotatable bonds is 6. The van der Waals surface area contributed by atoms with Gasteiger partial charge in [-0.1, -0.05) is 30.3 Å². The van der Waals surface area contributed by atoms with E-state index in [1.807, 2.05) is 64.8 Å². The molecule has 9 heteroatoms. The molecule has 1 amide bonds. The molecule has 5 rings (SSSR count). The second-order valence-corrected chi connectivity index (χ2v) is 8.06. The quantitative estimate of drug-likeness (QED) is 0.492. The smallest absolute Gasteiger partial charge is 0.238 e. The van der Waals surface area contributed by atoms with Crippen LogP contribution < -0.4 is 10.1 Å². The van der Waals surface area contributed by atoms with Gasteiger partial charge in [0.2, 0.25) is 11.8 Å². The normalized spacial score (nSPS) is 15.2. The van der Waals surface area contributed by atoms with Crippen molar-refractivity contribution in [1.29, 1.82) is 0 Å². The molecule has 1 unspecified atom stereocenters. The average molecular weight is 444 g/mol. The maximum Gasteiger partial charge on any atom is 0.238 e. The summed E-state index contributed by atoms with van der Waals surface area (Å²) in [5.74, 6) is 1.25. The van der Waals surface area contributed by atoms with Crippen LogP contribution >= 0.6 is 0 Å². The number of aryl methyl sites for hydroxylation is 2. The van der Waals surface area contributed by atoms with Gasteiger partial charge in [0.25, 0.3) is 0 Å². The summed E-state index contributed by atoms with van der Waals surface area (Å²) in [5, 5.41) is 7.68. The Morgan fingerprint density at radius 1 is 1.18 bits per heavy atom. The first-order valence-corrected chi connectivity index (χ1v) is 10.9. The number of imidazole rings is 1. The topological polar surface area (TPSA) is 99.8 Å². The summed E-state index contributed by atoms with van der Waals surface area (Å²) in [4.78, 5) is 26.6. The molecule has 33 heavy (non-hydrogen) atoms. The molecular weight excluding hydrogens is 418 g/mol. The first-order valence-electron chi connectivity index (χ1n) is 10.9. The van der Waals surface area contributed by atoms with Gasteiger partial charge in [0.15, 0.2) is 5.82 Å². The van der Waals surface area contributed by atoms with Crippen molar-refractivity contribution in [3.63, 3.8) is 0 Å². The van der Waals surface area contributed by atoms with Crippen LogP contribution in [-0.4, -0.2) is 42.3 Å². The van der Waals surface area contributed by atoms with Crippen molar-refractivity contribution in [1.82, 2.24) is 34.6 Å². The van der Waals surface area contributed by atoms with E-state index in [9.17, 15) is 4.79 Å². The molecule has 3 aromatic heterocycles. The molecule has 4 heterocycles. The van der Waals surface area contributed by atoms with E-state index in [2.05, 4.69) is 20.4 Å². The number of nitrogens with zero attached hydrogens (tertiary/aromatic N) is 6. The Labute approximate surface area is 191 Å². The third kappa shape index (κ3) is 4.21. The molecule has 1 N–H and O–H groups in total. The number of fused-ring (bicyclic) bond motifs is 1. The van der Waals surface area contributed by atoms with E-state index in [1.54, 1.807) is 13.4 Å². The number of carbonyl (C=O) groups is 1. The number of nitrogens with one attached hydrogen (secondary N) is 1. The Hall–Kier alpha value is -4.01. The summed E-state index contributed by atoms with van der Waals surface area (Å²) < 4.78 is 9.21. The van der Waals surface area contributed by atoms with Crippen LogP contribution in [0.3, 0.4) is 0 Å². The van der Waals surface area contributed by atoms with E-state index in [-0.39, 0.29) is 11.8 Å². The standard InChI is InChI=1S/C24H25N7O2/c1-16-14-30(15-26-16)20-11-10-19(27-24(20)33-2)21-28-22-18(9-6-12-31(22)29-21)23(32)25-13-17-7-4-3-5-8-17/h3-5,7-8,10-11,14-15,18H,6,9,12-13H2,1-2H3,(H,25,32). The first kappa shape index (κ1) is 20.9. The summed E-state index contributed by atoms with van der Waals surface area (Å²) in [6.07, 6.45) is 5.25. The van der Waals surface area contributed by atoms with Crippen LogP contribution in [0.5, 0.6) is 5.88 Å². The van der Waals surface area contributed by atoms with E-state index in [1.165, 1.54) is 0 Å². The van der Waals surface area contributed by atoms with Crippen molar-refractivity contribution >= 4 is 5.91 Å². The fraction of sp³-hybridized carbons (Fsp3) is 0.292. The van der Waals surface area contributed by atoms with E-state index >= 15 is 0 Å². The zero-order valence-corrected chi connectivity index (χ0v) is 18.6. The zero-order valence-electron chi connectivity index (χ0n) is 18.6. The fourth-order valence-electron chi connectivity index (χ4n) is 4.07. The van der Waals surface area contributed by atoms with Gasteiger partial charge in [-0.15, -0.1) is 5.10 Å². The lowest BCUT2D eigenvalue weighted by Crippen LogP contribution is -2.33. The molecule has 168 valence electrons. The summed E-state index contributed by atoms with van der Waals surface area (Å²) in [5.41, 5.74) is 3.34. The first-order chi connectivity index (χ1) is 16.1. The lowest BCUT2D eigenvalue weighted by Gasteiger charge is -2.21. The number of ether oxygens (including phenoxy) is 1. The van der Waals surface area contributed by atoms with Crippen molar-refractivity contribution < 1.29 is 9.53 Å². The highest BCUT2D eigenvalue weighted by Crippen LogP contribution is 2.30. The maximum absolute atomic E-state index is 12.9. The number of carbonyl (C=O) groups excluding carboxylic acids is 1. The Balaban J connectivity index is 1.39. The molecule has 0 radical (unpaired) electrons. The summed E-state index contributed by atoms with van der Waals surface area (Å²) in [7, 11) is 1.58. The third-order valence-electron chi connectivity index (χ3n) is 5.75. The minimum atomic E-state index is -0.334. The van der Waals surface area contributed by atoms with Gasteiger partial charge in [-0.2, -0.15) is 0 Å². The molecule has 1 aromatic carbocycles. The molecule has 0 spiro atoms. The van der Waals surface area contributed by atoms with Crippen LogP contribution in [0.4, 0.5) is 0 Å². The van der Waals surface area contributed by atoms with Gasteiger partial charge in [-0.3, -0.25) is 4.79 Å². The second kappa shape index (κ2) is 8.85. The Bertz CT molecular complexity index is 1280. The van der Waals surface area contributed by atoms with Crippen LogP contribution in [-0.2, 0) is 17.9 Å². The fourth-order valence-corrected chi connectivity index (χ4v) is 4.07. The van der Waals surface area contributed by atoms with E-state index in [0.29, 0.717) is 29.8 Å². The van der Waals surface area contributed by atoms with Crippen molar-refractivity contribution in [2.45, 2.75) is 38.8 Å². The monoisotopic (exact) mass is 443 g/mol. The summed E-state index contributed by atoms with van der Waals surface area (Å²) in [6.45, 7) is 3.15. The van der Waals surface area contributed by atoms with Crippen molar-refractivity contribution in [2.75, 3.05) is 7.11 Å². The lowest BCUT2D eigenvalue weighted by molar-refractivity contribution is -0.123. The number of methoxy groups -OCH3 is 1. The molecule has 9 nitrogen and oxygen atoms in total. The predicted molar refractivity (Wildman–Crippen MR) is 122 cm³/mol. The molecule has 1 aliphatic rings. The van der Waals surface area contributed by atoms with Crippen LogP contribution in [0.2, 0.25) is 0 Å². The van der Waals surface area contributed by atoms with Crippen LogP contribution in [0.25, 0.3) is 17.2 Å². The van der Waals surface area contributed by atoms with Gasteiger partial charge in [-0.25, -0.2) is 19.6 Å². The molecule has 0 aliphatic carbocycles. The summed E-state index contributed by atoms with van der Waals surface area (Å²) >= 11 is 0. The van der Waals surface area contributed by atoms with Crippen LogP contribution in [0.1, 0.15) is 35.8 Å². The van der Waals surface area contributed by atoms with Gasteiger partial charge in [0, 0.05) is 19.3 Å². The molecule has 4 aromatic rings. The second-order valence-electron chi connectivity index (χ2n) is 8.06. The Morgan fingerprint density at radius 3 is 2.79 bits per heavy atom. The van der Waals surface area contributed by atoms with E-state index in [4.69, 9.17) is 9.72 Å². The number of pyridine rings is 1. The average Bonchev–Trinajstić information content (AvgIpc) is 3.49. The largest absolute Gasteiger partial charge is 0.479 e. The Morgan fingerprint density at radius 2 is 2.03 bits per heavy atom. The van der Waals surface area contributed by atoms with Crippen LogP contribution in [0.15, 0.2) is 55.0 Å². The lowest BCUT2D eigenvalue weighted by atomic mass is 9.98. The molecular formula is C24H25N7O2. The molecule has 0 saturated heterocycles. The van der Waals surface area contributed by atoms with Crippen molar-refractivity contribution in [2.24, 2.45) is 0 Å². The summed E-state index contributed by atoms with van der Waals surface area (Å²) in [6, 6.07) is 13.6. The van der Waals surface area contributed by atoms with Crippen LogP contribution in [0, 0.1) is 6.92 Å². The molecule has 0 saturated carbocycles. The van der Waals surface area contributed by atoms with Crippen molar-refractivity contribution in [3.05, 3.63) is 72.1 Å². The minimum absolute atomic E-state index is 0.0323. The zero-order chi connectivity index (χ0) is 22.8. The van der Waals surface area contributed by atoms with Gasteiger partial charge >= 0.3 is 0 Å². The molecule has 1 atom stereocenters. The highest BCUT2D eigenvalue weighted by molar-refractivity contribution is 5.83. The third-order valence-corrected chi connectivity index (χ3v) is 5.75. The number of amides is 1. The van der Waals surface area contributed by atoms with E-state index in [0.717, 1.165) is 36.3 Å². The number of benzene rings is 1. The van der Waals surface area contributed by atoms with Gasteiger partial charge in [-0.05, 0) is 37.5 Å².